The SMILES string of the molecule is CC(C)n1c(=O)c2c(ncn2Cc2ccc(Cl)c(Cl)c2)n(-c2ccc(F)c(F)c2)c1=O. The summed E-state index contributed by atoms with van der Waals surface area (Å²) < 4.78 is 31.1. The predicted octanol–water partition coefficient (Wildman–Crippen LogP) is 4.56. The highest BCUT2D eigenvalue weighted by Crippen LogP contribution is 2.24. The number of nitrogens with zero attached hydrogens (tertiary/aromatic N) is 4. The van der Waals surface area contributed by atoms with E-state index in [4.69, 9.17) is 23.2 Å². The van der Waals surface area contributed by atoms with Gasteiger partial charge in [-0.1, -0.05) is 29.3 Å². The van der Waals surface area contributed by atoms with Crippen molar-refractivity contribution in [2.45, 2.75) is 26.4 Å². The standard InChI is InChI=1S/C21H16Cl2F2N4O2/c1-11(2)28-20(30)18-19(29(21(28)31)13-4-6-16(24)17(25)8-13)26-10-27(18)9-12-3-5-14(22)15(23)7-12/h3-8,10-11H,9H2,1-2H3. The Kier molecular flexibility index (Phi) is 5.45. The van der Waals surface area contributed by atoms with Crippen LogP contribution in [0.25, 0.3) is 16.9 Å². The maximum Gasteiger partial charge on any atom is 0.337 e. The van der Waals surface area contributed by atoms with Gasteiger partial charge in [-0.2, -0.15) is 0 Å². The van der Waals surface area contributed by atoms with Crippen LogP contribution in [0.5, 0.6) is 0 Å². The van der Waals surface area contributed by atoms with Gasteiger partial charge in [-0.15, -0.1) is 0 Å². The summed E-state index contributed by atoms with van der Waals surface area (Å²) in [5.41, 5.74) is -0.232. The molecule has 0 aliphatic rings. The first-order valence-corrected chi connectivity index (χ1v) is 10.1. The summed E-state index contributed by atoms with van der Waals surface area (Å²) in [4.78, 5) is 30.6. The molecule has 0 fully saturated rings. The fourth-order valence-corrected chi connectivity index (χ4v) is 3.74. The number of aromatic nitrogens is 4. The number of benzene rings is 2. The number of hydrogen-bond donors (Lipinski definition) is 0. The van der Waals surface area contributed by atoms with E-state index in [0.29, 0.717) is 10.0 Å². The fourth-order valence-electron chi connectivity index (χ4n) is 3.42. The Labute approximate surface area is 184 Å². The summed E-state index contributed by atoms with van der Waals surface area (Å²) in [5, 5.41) is 0.761. The molecule has 0 radical (unpaired) electrons. The molecule has 0 unspecified atom stereocenters. The van der Waals surface area contributed by atoms with Gasteiger partial charge in [0.25, 0.3) is 5.56 Å². The van der Waals surface area contributed by atoms with E-state index < -0.39 is 28.9 Å². The maximum atomic E-state index is 13.9. The van der Waals surface area contributed by atoms with E-state index in [1.807, 2.05) is 0 Å². The molecule has 0 atom stereocenters. The lowest BCUT2D eigenvalue weighted by Gasteiger charge is -2.15. The van der Waals surface area contributed by atoms with Gasteiger partial charge >= 0.3 is 5.69 Å². The molecule has 160 valence electrons. The molecule has 4 rings (SSSR count). The summed E-state index contributed by atoms with van der Waals surface area (Å²) in [7, 11) is 0. The van der Waals surface area contributed by atoms with Gasteiger partial charge in [-0.3, -0.25) is 9.36 Å². The monoisotopic (exact) mass is 464 g/mol. The van der Waals surface area contributed by atoms with Crippen molar-refractivity contribution < 1.29 is 8.78 Å². The van der Waals surface area contributed by atoms with Crippen molar-refractivity contribution in [2.75, 3.05) is 0 Å². The van der Waals surface area contributed by atoms with Crippen molar-refractivity contribution >= 4 is 34.4 Å². The normalized spacial score (nSPS) is 11.6. The summed E-state index contributed by atoms with van der Waals surface area (Å²) in [5.74, 6) is -2.16. The third-order valence-corrected chi connectivity index (χ3v) is 5.60. The third kappa shape index (κ3) is 3.66. The second-order valence-corrected chi connectivity index (χ2v) is 8.09. The first-order valence-electron chi connectivity index (χ1n) is 9.30. The van der Waals surface area contributed by atoms with E-state index in [-0.39, 0.29) is 23.4 Å². The molecule has 31 heavy (non-hydrogen) atoms. The second kappa shape index (κ2) is 7.94. The van der Waals surface area contributed by atoms with Crippen LogP contribution in [0.4, 0.5) is 8.78 Å². The summed E-state index contributed by atoms with van der Waals surface area (Å²) in [6.45, 7) is 3.60. The Morgan fingerprint density at radius 2 is 1.74 bits per heavy atom. The van der Waals surface area contributed by atoms with Gasteiger partial charge in [0.1, 0.15) is 0 Å². The maximum absolute atomic E-state index is 13.9. The molecule has 0 aliphatic heterocycles. The Morgan fingerprint density at radius 3 is 2.39 bits per heavy atom. The summed E-state index contributed by atoms with van der Waals surface area (Å²) in [6, 6.07) is 7.65. The topological polar surface area (TPSA) is 61.8 Å². The molecule has 2 aromatic carbocycles. The van der Waals surface area contributed by atoms with Gasteiger partial charge in [-0.05, 0) is 43.7 Å². The molecule has 10 heteroatoms. The van der Waals surface area contributed by atoms with Crippen LogP contribution in [0, 0.1) is 11.6 Å². The largest absolute Gasteiger partial charge is 0.337 e. The first kappa shape index (κ1) is 21.3. The minimum atomic E-state index is -1.12. The Morgan fingerprint density at radius 1 is 1.00 bits per heavy atom. The molecule has 0 aliphatic carbocycles. The molecule has 0 N–H and O–H groups in total. The van der Waals surface area contributed by atoms with Crippen LogP contribution in [-0.4, -0.2) is 18.7 Å². The average Bonchev–Trinajstić information content (AvgIpc) is 3.11. The molecule has 2 heterocycles. The molecule has 0 saturated heterocycles. The van der Waals surface area contributed by atoms with Gasteiger partial charge < -0.3 is 4.57 Å². The summed E-state index contributed by atoms with van der Waals surface area (Å²) in [6.07, 6.45) is 1.41. The highest BCUT2D eigenvalue weighted by atomic mass is 35.5. The third-order valence-electron chi connectivity index (χ3n) is 4.86. The van der Waals surface area contributed by atoms with Gasteiger partial charge in [0.05, 0.1) is 22.1 Å². The van der Waals surface area contributed by atoms with E-state index >= 15 is 0 Å². The first-order chi connectivity index (χ1) is 14.7. The van der Waals surface area contributed by atoms with Crippen molar-refractivity contribution in [1.29, 1.82) is 0 Å². The molecule has 0 amide bonds. The lowest BCUT2D eigenvalue weighted by Crippen LogP contribution is -2.41. The predicted molar refractivity (Wildman–Crippen MR) is 115 cm³/mol. The van der Waals surface area contributed by atoms with Gasteiger partial charge in [0.2, 0.25) is 0 Å². The number of imidazole rings is 1. The molecular weight excluding hydrogens is 449 g/mol. The van der Waals surface area contributed by atoms with Gasteiger partial charge in [-0.25, -0.2) is 23.1 Å². The van der Waals surface area contributed by atoms with Crippen LogP contribution in [0.15, 0.2) is 52.3 Å². The molecule has 2 aromatic heterocycles. The van der Waals surface area contributed by atoms with E-state index in [1.165, 1.54) is 12.4 Å². The molecule has 0 spiro atoms. The average molecular weight is 465 g/mol. The van der Waals surface area contributed by atoms with Crippen molar-refractivity contribution in [2.24, 2.45) is 0 Å². The highest BCUT2D eigenvalue weighted by Gasteiger charge is 2.21. The van der Waals surface area contributed by atoms with E-state index in [9.17, 15) is 18.4 Å². The van der Waals surface area contributed by atoms with Crippen LogP contribution in [0.3, 0.4) is 0 Å². The number of rotatable bonds is 4. The lowest BCUT2D eigenvalue weighted by molar-refractivity contribution is 0.506. The van der Waals surface area contributed by atoms with Crippen LogP contribution in [0.1, 0.15) is 25.5 Å². The second-order valence-electron chi connectivity index (χ2n) is 7.28. The van der Waals surface area contributed by atoms with E-state index in [2.05, 4.69) is 4.98 Å². The van der Waals surface area contributed by atoms with Gasteiger partial charge in [0, 0.05) is 18.7 Å². The Balaban J connectivity index is 2.00. The number of halogens is 4. The fraction of sp³-hybridized carbons (Fsp3) is 0.190. The highest BCUT2D eigenvalue weighted by molar-refractivity contribution is 6.42. The Hall–Kier alpha value is -2.97. The minimum Gasteiger partial charge on any atom is -0.320 e. The molecule has 4 aromatic rings. The van der Waals surface area contributed by atoms with Gasteiger partial charge in [0.15, 0.2) is 22.8 Å². The van der Waals surface area contributed by atoms with Crippen LogP contribution < -0.4 is 11.2 Å². The van der Waals surface area contributed by atoms with Crippen LogP contribution in [0.2, 0.25) is 10.0 Å². The number of hydrogen-bond acceptors (Lipinski definition) is 3. The molecule has 6 nitrogen and oxygen atoms in total. The van der Waals surface area contributed by atoms with Crippen molar-refractivity contribution in [3.8, 4) is 5.69 Å². The lowest BCUT2D eigenvalue weighted by atomic mass is 10.2. The van der Waals surface area contributed by atoms with Crippen molar-refractivity contribution in [1.82, 2.24) is 18.7 Å². The van der Waals surface area contributed by atoms with Crippen molar-refractivity contribution in [3.05, 3.63) is 90.8 Å². The molecule has 0 saturated carbocycles. The quantitative estimate of drug-likeness (QED) is 0.444. The van der Waals surface area contributed by atoms with Crippen LogP contribution in [-0.2, 0) is 6.54 Å². The zero-order chi connectivity index (χ0) is 22.4. The molecular formula is C21H16Cl2F2N4O2. The van der Waals surface area contributed by atoms with E-state index in [1.54, 1.807) is 36.6 Å². The minimum absolute atomic E-state index is 0.0398. The van der Waals surface area contributed by atoms with Crippen LogP contribution >= 0.6 is 23.2 Å². The molecule has 0 bridgehead atoms. The smallest absolute Gasteiger partial charge is 0.320 e. The Bertz CT molecular complexity index is 1440. The number of fused-ring (bicyclic) bond motifs is 1. The van der Waals surface area contributed by atoms with E-state index in [0.717, 1.165) is 26.8 Å². The summed E-state index contributed by atoms with van der Waals surface area (Å²) >= 11 is 12.1. The van der Waals surface area contributed by atoms with Crippen molar-refractivity contribution in [3.63, 3.8) is 0 Å². The zero-order valence-corrected chi connectivity index (χ0v) is 18.0. The zero-order valence-electron chi connectivity index (χ0n) is 16.4.